The van der Waals surface area contributed by atoms with Gasteiger partial charge in [0.2, 0.25) is 0 Å². The Hall–Kier alpha value is -1.70. The number of piperazine rings is 1. The summed E-state index contributed by atoms with van der Waals surface area (Å²) in [6.07, 6.45) is 3.87. The first-order chi connectivity index (χ1) is 13.7. The molecule has 4 heterocycles. The summed E-state index contributed by atoms with van der Waals surface area (Å²) in [4.78, 5) is 26.8. The number of rotatable bonds is 4. The van der Waals surface area contributed by atoms with Gasteiger partial charge in [0.15, 0.2) is 0 Å². The Morgan fingerprint density at radius 3 is 2.36 bits per heavy atom. The SMILES string of the molecule is CCN1CCN(c2ccc(C(=O)N3CCC(N4CCOCC4)CC3)cn2)CC1. The molecule has 1 aromatic heterocycles. The summed E-state index contributed by atoms with van der Waals surface area (Å²) in [6, 6.07) is 4.55. The summed E-state index contributed by atoms with van der Waals surface area (Å²) in [7, 11) is 0. The number of pyridine rings is 1. The number of likely N-dealkylation sites (tertiary alicyclic amines) is 1. The quantitative estimate of drug-likeness (QED) is 0.773. The molecule has 7 heteroatoms. The van der Waals surface area contributed by atoms with Crippen molar-refractivity contribution in [3.8, 4) is 0 Å². The van der Waals surface area contributed by atoms with Crippen molar-refractivity contribution in [2.45, 2.75) is 25.8 Å². The Morgan fingerprint density at radius 1 is 1.04 bits per heavy atom. The lowest BCUT2D eigenvalue weighted by Gasteiger charge is -2.40. The first kappa shape index (κ1) is 19.6. The van der Waals surface area contributed by atoms with Gasteiger partial charge in [0.25, 0.3) is 5.91 Å². The number of piperidine rings is 1. The Kier molecular flexibility index (Phi) is 6.44. The number of ether oxygens (including phenoxy) is 1. The lowest BCUT2D eigenvalue weighted by atomic mass is 10.0. The summed E-state index contributed by atoms with van der Waals surface area (Å²) in [5, 5.41) is 0. The first-order valence-corrected chi connectivity index (χ1v) is 10.8. The summed E-state index contributed by atoms with van der Waals surface area (Å²) in [5.41, 5.74) is 0.709. The molecule has 0 unspecified atom stereocenters. The van der Waals surface area contributed by atoms with Gasteiger partial charge in [0, 0.05) is 64.6 Å². The predicted octanol–water partition coefficient (Wildman–Crippen LogP) is 1.16. The molecule has 0 aromatic carbocycles. The number of amides is 1. The van der Waals surface area contributed by atoms with E-state index in [9.17, 15) is 4.79 Å². The molecule has 0 atom stereocenters. The van der Waals surface area contributed by atoms with Crippen molar-refractivity contribution in [1.82, 2.24) is 19.7 Å². The molecule has 4 rings (SSSR count). The highest BCUT2D eigenvalue weighted by molar-refractivity contribution is 5.94. The molecule has 28 heavy (non-hydrogen) atoms. The number of hydrogen-bond acceptors (Lipinski definition) is 6. The third-order valence-electron chi connectivity index (χ3n) is 6.45. The highest BCUT2D eigenvalue weighted by Gasteiger charge is 2.28. The predicted molar refractivity (Wildman–Crippen MR) is 110 cm³/mol. The normalized spacial score (nSPS) is 23.2. The minimum Gasteiger partial charge on any atom is -0.379 e. The van der Waals surface area contributed by atoms with E-state index in [4.69, 9.17) is 4.74 Å². The van der Waals surface area contributed by atoms with Crippen LogP contribution in [-0.2, 0) is 4.74 Å². The van der Waals surface area contributed by atoms with Crippen molar-refractivity contribution in [3.05, 3.63) is 23.9 Å². The second-order valence-electron chi connectivity index (χ2n) is 8.00. The molecule has 0 aliphatic carbocycles. The van der Waals surface area contributed by atoms with E-state index in [1.807, 2.05) is 17.0 Å². The monoisotopic (exact) mass is 387 g/mol. The first-order valence-electron chi connectivity index (χ1n) is 10.8. The Bertz CT molecular complexity index is 631. The lowest BCUT2D eigenvalue weighted by Crippen LogP contribution is -2.50. The molecular formula is C21H33N5O2. The van der Waals surface area contributed by atoms with Gasteiger partial charge in [-0.1, -0.05) is 6.92 Å². The molecule has 7 nitrogen and oxygen atoms in total. The zero-order chi connectivity index (χ0) is 19.3. The molecule has 1 aromatic rings. The highest BCUT2D eigenvalue weighted by atomic mass is 16.5. The number of anilines is 1. The molecule has 3 aliphatic heterocycles. The molecule has 0 radical (unpaired) electrons. The van der Waals surface area contributed by atoms with Crippen molar-refractivity contribution < 1.29 is 9.53 Å². The molecule has 1 amide bonds. The molecule has 3 saturated heterocycles. The van der Waals surface area contributed by atoms with Crippen molar-refractivity contribution in [2.75, 3.05) is 77.0 Å². The number of morpholine rings is 1. The van der Waals surface area contributed by atoms with Crippen LogP contribution in [0.15, 0.2) is 18.3 Å². The van der Waals surface area contributed by atoms with Crippen LogP contribution in [0.5, 0.6) is 0 Å². The molecule has 0 bridgehead atoms. The summed E-state index contributed by atoms with van der Waals surface area (Å²) in [5.74, 6) is 1.11. The zero-order valence-corrected chi connectivity index (χ0v) is 17.1. The van der Waals surface area contributed by atoms with E-state index in [-0.39, 0.29) is 5.91 Å². The number of hydrogen-bond donors (Lipinski definition) is 0. The molecule has 3 fully saturated rings. The third-order valence-corrected chi connectivity index (χ3v) is 6.45. The van der Waals surface area contributed by atoms with Crippen LogP contribution in [0, 0.1) is 0 Å². The molecular weight excluding hydrogens is 354 g/mol. The van der Waals surface area contributed by atoms with Gasteiger partial charge in [0.05, 0.1) is 18.8 Å². The van der Waals surface area contributed by atoms with E-state index in [0.717, 1.165) is 90.8 Å². The van der Waals surface area contributed by atoms with E-state index in [1.165, 1.54) is 0 Å². The van der Waals surface area contributed by atoms with Crippen LogP contribution in [0.2, 0.25) is 0 Å². The van der Waals surface area contributed by atoms with Gasteiger partial charge in [-0.05, 0) is 31.5 Å². The molecule has 3 aliphatic rings. The fraction of sp³-hybridized carbons (Fsp3) is 0.714. The van der Waals surface area contributed by atoms with Gasteiger partial charge in [-0.3, -0.25) is 9.69 Å². The maximum absolute atomic E-state index is 12.9. The van der Waals surface area contributed by atoms with Gasteiger partial charge >= 0.3 is 0 Å². The van der Waals surface area contributed by atoms with Gasteiger partial charge in [-0.2, -0.15) is 0 Å². The Morgan fingerprint density at radius 2 is 1.75 bits per heavy atom. The molecule has 0 saturated carbocycles. The zero-order valence-electron chi connectivity index (χ0n) is 17.1. The van der Waals surface area contributed by atoms with E-state index in [2.05, 4.69) is 26.6 Å². The van der Waals surface area contributed by atoms with Crippen LogP contribution in [0.3, 0.4) is 0 Å². The minimum atomic E-state index is 0.121. The lowest BCUT2D eigenvalue weighted by molar-refractivity contribution is 0.00158. The van der Waals surface area contributed by atoms with Gasteiger partial charge in [-0.25, -0.2) is 4.98 Å². The average Bonchev–Trinajstić information content (AvgIpc) is 2.79. The largest absolute Gasteiger partial charge is 0.379 e. The number of aromatic nitrogens is 1. The number of nitrogens with zero attached hydrogens (tertiary/aromatic N) is 5. The fourth-order valence-corrected chi connectivity index (χ4v) is 4.55. The summed E-state index contributed by atoms with van der Waals surface area (Å²) >= 11 is 0. The smallest absolute Gasteiger partial charge is 0.255 e. The molecule has 0 N–H and O–H groups in total. The van der Waals surface area contributed by atoms with Crippen LogP contribution < -0.4 is 4.90 Å². The van der Waals surface area contributed by atoms with Crippen molar-refractivity contribution >= 4 is 11.7 Å². The van der Waals surface area contributed by atoms with Gasteiger partial charge < -0.3 is 19.4 Å². The van der Waals surface area contributed by atoms with Gasteiger partial charge in [-0.15, -0.1) is 0 Å². The number of likely N-dealkylation sites (N-methyl/N-ethyl adjacent to an activating group) is 1. The van der Waals surface area contributed by atoms with Crippen LogP contribution >= 0.6 is 0 Å². The standard InChI is InChI=1S/C21H33N5O2/c1-2-23-9-11-25(12-10-23)20-4-3-18(17-22-20)21(27)26-7-5-19(6-8-26)24-13-15-28-16-14-24/h3-4,17,19H,2,5-16H2,1H3. The van der Waals surface area contributed by atoms with Gasteiger partial charge in [0.1, 0.15) is 5.82 Å². The van der Waals surface area contributed by atoms with Crippen LogP contribution in [0.1, 0.15) is 30.1 Å². The maximum atomic E-state index is 12.9. The maximum Gasteiger partial charge on any atom is 0.255 e. The van der Waals surface area contributed by atoms with Crippen LogP contribution in [0.25, 0.3) is 0 Å². The summed E-state index contributed by atoms with van der Waals surface area (Å²) < 4.78 is 5.45. The Balaban J connectivity index is 1.29. The molecule has 154 valence electrons. The van der Waals surface area contributed by atoms with E-state index in [0.29, 0.717) is 11.6 Å². The van der Waals surface area contributed by atoms with Crippen LogP contribution in [-0.4, -0.2) is 104 Å². The number of carbonyl (C=O) groups excluding carboxylic acids is 1. The average molecular weight is 388 g/mol. The van der Waals surface area contributed by atoms with Crippen molar-refractivity contribution in [3.63, 3.8) is 0 Å². The second-order valence-corrected chi connectivity index (χ2v) is 8.00. The topological polar surface area (TPSA) is 52.2 Å². The van der Waals surface area contributed by atoms with E-state index in [1.54, 1.807) is 6.20 Å². The highest BCUT2D eigenvalue weighted by Crippen LogP contribution is 2.20. The summed E-state index contributed by atoms with van der Waals surface area (Å²) in [6.45, 7) is 12.9. The Labute approximate surface area is 168 Å². The second kappa shape index (κ2) is 9.20. The van der Waals surface area contributed by atoms with Crippen LogP contribution in [0.4, 0.5) is 5.82 Å². The third kappa shape index (κ3) is 4.47. The van der Waals surface area contributed by atoms with Crippen molar-refractivity contribution in [2.24, 2.45) is 0 Å². The fourth-order valence-electron chi connectivity index (χ4n) is 4.55. The van der Waals surface area contributed by atoms with Crippen molar-refractivity contribution in [1.29, 1.82) is 0 Å². The minimum absolute atomic E-state index is 0.121. The number of carbonyl (C=O) groups is 1. The molecule has 0 spiro atoms. The van der Waals surface area contributed by atoms with E-state index >= 15 is 0 Å². The van der Waals surface area contributed by atoms with E-state index < -0.39 is 0 Å².